The zero-order valence-electron chi connectivity index (χ0n) is 16.9. The number of sulfonamides is 1. The van der Waals surface area contributed by atoms with Crippen molar-refractivity contribution in [2.75, 3.05) is 13.7 Å². The minimum atomic E-state index is -3.80. The third-order valence-electron chi connectivity index (χ3n) is 5.19. The molecular weight excluding hydrogens is 419 g/mol. The zero-order valence-corrected chi connectivity index (χ0v) is 17.8. The van der Waals surface area contributed by atoms with Crippen LogP contribution in [0.4, 0.5) is 4.39 Å². The largest absolute Gasteiger partial charge is 0.457 e. The summed E-state index contributed by atoms with van der Waals surface area (Å²) in [4.78, 5) is 5.55. The molecule has 31 heavy (non-hydrogen) atoms. The number of ether oxygens (including phenoxy) is 1. The number of hydrogen-bond donors (Lipinski definition) is 1. The van der Waals surface area contributed by atoms with Crippen molar-refractivity contribution in [2.24, 2.45) is 0 Å². The summed E-state index contributed by atoms with van der Waals surface area (Å²) in [6.45, 7) is -0.128. The Hall–Kier alpha value is -2.78. The van der Waals surface area contributed by atoms with E-state index in [0.717, 1.165) is 5.56 Å². The summed E-state index contributed by atoms with van der Waals surface area (Å²) in [5.74, 6) is 0.832. The van der Waals surface area contributed by atoms with Gasteiger partial charge in [0.15, 0.2) is 0 Å². The highest BCUT2D eigenvalue weighted by Gasteiger charge is 2.43. The normalized spacial score (nSPS) is 19.4. The average Bonchev–Trinajstić information content (AvgIpc) is 3.16. The molecule has 3 aromatic rings. The van der Waals surface area contributed by atoms with Crippen LogP contribution < -0.4 is 9.46 Å². The van der Waals surface area contributed by atoms with Crippen molar-refractivity contribution in [1.82, 2.24) is 9.79 Å². The molecule has 1 fully saturated rings. The van der Waals surface area contributed by atoms with Crippen LogP contribution in [0.2, 0.25) is 0 Å². The van der Waals surface area contributed by atoms with E-state index in [0.29, 0.717) is 11.5 Å². The topological polar surface area (TPSA) is 67.9 Å². The predicted octanol–water partition coefficient (Wildman–Crippen LogP) is 4.02. The molecule has 0 amide bonds. The van der Waals surface area contributed by atoms with Gasteiger partial charge in [0.25, 0.3) is 0 Å². The molecule has 0 aromatic heterocycles. The molecule has 1 aliphatic heterocycles. The van der Waals surface area contributed by atoms with Gasteiger partial charge in [0.05, 0.1) is 12.6 Å². The Balaban J connectivity index is 1.54. The standard InChI is InChI=1S/C23H23FN2O4S/c1-26-23(17-9-7-12-20(14-17)30-19-10-3-2-4-11-19)22(16-29-26)31(27,28)25-15-18-8-5-6-13-21(18)24/h2-14,22-23,25H,15-16H2,1H3. The van der Waals surface area contributed by atoms with E-state index in [-0.39, 0.29) is 18.7 Å². The van der Waals surface area contributed by atoms with Gasteiger partial charge < -0.3 is 4.74 Å². The second-order valence-electron chi connectivity index (χ2n) is 7.27. The maximum atomic E-state index is 13.9. The molecule has 4 rings (SSSR count). The molecule has 1 heterocycles. The van der Waals surface area contributed by atoms with Gasteiger partial charge in [0.1, 0.15) is 22.6 Å². The SMILES string of the molecule is CN1OCC(S(=O)(=O)NCc2ccccc2F)C1c1cccc(Oc2ccccc2)c1. The molecule has 0 radical (unpaired) electrons. The van der Waals surface area contributed by atoms with Crippen LogP contribution in [0.25, 0.3) is 0 Å². The lowest BCUT2D eigenvalue weighted by Crippen LogP contribution is -2.39. The van der Waals surface area contributed by atoms with Crippen LogP contribution in [0.15, 0.2) is 78.9 Å². The van der Waals surface area contributed by atoms with Crippen LogP contribution in [0.1, 0.15) is 17.2 Å². The van der Waals surface area contributed by atoms with E-state index in [2.05, 4.69) is 4.72 Å². The third-order valence-corrected chi connectivity index (χ3v) is 6.92. The summed E-state index contributed by atoms with van der Waals surface area (Å²) >= 11 is 0. The molecule has 0 saturated carbocycles. The molecule has 2 atom stereocenters. The van der Waals surface area contributed by atoms with E-state index in [1.165, 1.54) is 11.1 Å². The number of hydroxylamine groups is 2. The van der Waals surface area contributed by atoms with Gasteiger partial charge in [0, 0.05) is 19.2 Å². The van der Waals surface area contributed by atoms with Crippen molar-refractivity contribution in [3.63, 3.8) is 0 Å². The predicted molar refractivity (Wildman–Crippen MR) is 115 cm³/mol. The molecule has 2 unspecified atom stereocenters. The summed E-state index contributed by atoms with van der Waals surface area (Å²) in [6.07, 6.45) is 0. The Labute approximate surface area is 181 Å². The fourth-order valence-electron chi connectivity index (χ4n) is 3.59. The number of rotatable bonds is 7. The van der Waals surface area contributed by atoms with Crippen molar-refractivity contribution in [2.45, 2.75) is 17.8 Å². The van der Waals surface area contributed by atoms with Gasteiger partial charge >= 0.3 is 0 Å². The third kappa shape index (κ3) is 4.94. The summed E-state index contributed by atoms with van der Waals surface area (Å²) in [6, 6.07) is 22.2. The van der Waals surface area contributed by atoms with E-state index in [1.54, 1.807) is 25.2 Å². The van der Waals surface area contributed by atoms with Crippen LogP contribution in [-0.4, -0.2) is 32.4 Å². The molecule has 162 valence electrons. The van der Waals surface area contributed by atoms with Crippen LogP contribution in [0, 0.1) is 5.82 Å². The van der Waals surface area contributed by atoms with Crippen molar-refractivity contribution < 1.29 is 22.4 Å². The Morgan fingerprint density at radius 1 is 1.03 bits per heavy atom. The first-order valence-corrected chi connectivity index (χ1v) is 11.4. The molecule has 1 aliphatic rings. The van der Waals surface area contributed by atoms with Gasteiger partial charge in [-0.1, -0.05) is 48.5 Å². The van der Waals surface area contributed by atoms with E-state index in [9.17, 15) is 12.8 Å². The average molecular weight is 443 g/mol. The highest BCUT2D eigenvalue weighted by Crippen LogP contribution is 2.35. The lowest BCUT2D eigenvalue weighted by atomic mass is 10.0. The van der Waals surface area contributed by atoms with Crippen molar-refractivity contribution >= 4 is 10.0 Å². The highest BCUT2D eigenvalue weighted by molar-refractivity contribution is 7.90. The molecule has 0 aliphatic carbocycles. The maximum Gasteiger partial charge on any atom is 0.219 e. The zero-order chi connectivity index (χ0) is 21.8. The van der Waals surface area contributed by atoms with Crippen molar-refractivity contribution in [3.8, 4) is 11.5 Å². The fourth-order valence-corrected chi connectivity index (χ4v) is 5.07. The van der Waals surface area contributed by atoms with E-state index < -0.39 is 27.1 Å². The number of nitrogens with zero attached hydrogens (tertiary/aromatic N) is 1. The molecule has 1 N–H and O–H groups in total. The van der Waals surface area contributed by atoms with Crippen LogP contribution >= 0.6 is 0 Å². The van der Waals surface area contributed by atoms with E-state index in [4.69, 9.17) is 9.57 Å². The lowest BCUT2D eigenvalue weighted by Gasteiger charge is -2.23. The van der Waals surface area contributed by atoms with E-state index in [1.807, 2.05) is 54.6 Å². The lowest BCUT2D eigenvalue weighted by molar-refractivity contribution is -0.110. The molecule has 6 nitrogen and oxygen atoms in total. The Kier molecular flexibility index (Phi) is 6.33. The van der Waals surface area contributed by atoms with Gasteiger partial charge in [-0.15, -0.1) is 0 Å². The molecule has 1 saturated heterocycles. The second kappa shape index (κ2) is 9.15. The number of halogens is 1. The fraction of sp³-hybridized carbons (Fsp3) is 0.217. The first-order chi connectivity index (χ1) is 14.9. The Morgan fingerprint density at radius 2 is 1.74 bits per heavy atom. The van der Waals surface area contributed by atoms with Gasteiger partial charge in [-0.2, -0.15) is 5.06 Å². The second-order valence-corrected chi connectivity index (χ2v) is 9.25. The first kappa shape index (κ1) is 21.5. The molecule has 0 bridgehead atoms. The number of hydrogen-bond acceptors (Lipinski definition) is 5. The summed E-state index contributed by atoms with van der Waals surface area (Å²) in [5, 5.41) is 0.672. The smallest absolute Gasteiger partial charge is 0.219 e. The van der Waals surface area contributed by atoms with Crippen molar-refractivity contribution in [3.05, 3.63) is 95.8 Å². The highest BCUT2D eigenvalue weighted by atomic mass is 32.2. The summed E-state index contributed by atoms with van der Waals surface area (Å²) in [5.41, 5.74) is 1.03. The Bertz CT molecular complexity index is 1140. The quantitative estimate of drug-likeness (QED) is 0.599. The van der Waals surface area contributed by atoms with Crippen LogP contribution in [0.3, 0.4) is 0 Å². The minimum absolute atomic E-state index is 0.00244. The van der Waals surface area contributed by atoms with Crippen LogP contribution in [-0.2, 0) is 21.4 Å². The van der Waals surface area contributed by atoms with Gasteiger partial charge in [-0.05, 0) is 35.9 Å². The number of nitrogens with one attached hydrogen (secondary N) is 1. The van der Waals surface area contributed by atoms with Gasteiger partial charge in [-0.3, -0.25) is 4.84 Å². The minimum Gasteiger partial charge on any atom is -0.457 e. The molecule has 8 heteroatoms. The van der Waals surface area contributed by atoms with Gasteiger partial charge in [0.2, 0.25) is 10.0 Å². The molecule has 0 spiro atoms. The van der Waals surface area contributed by atoms with Crippen LogP contribution in [0.5, 0.6) is 11.5 Å². The van der Waals surface area contributed by atoms with E-state index >= 15 is 0 Å². The monoisotopic (exact) mass is 442 g/mol. The first-order valence-electron chi connectivity index (χ1n) is 9.84. The molecular formula is C23H23FN2O4S. The number of para-hydroxylation sites is 1. The van der Waals surface area contributed by atoms with Gasteiger partial charge in [-0.25, -0.2) is 17.5 Å². The maximum absolute atomic E-state index is 13.9. The summed E-state index contributed by atoms with van der Waals surface area (Å²) < 4.78 is 48.4. The summed E-state index contributed by atoms with van der Waals surface area (Å²) in [7, 11) is -2.10. The number of benzene rings is 3. The Morgan fingerprint density at radius 3 is 2.52 bits per heavy atom. The van der Waals surface area contributed by atoms with Crippen molar-refractivity contribution in [1.29, 1.82) is 0 Å². The molecule has 3 aromatic carbocycles.